The number of nitrogens with one attached hydrogen (secondary N) is 1. The molecule has 2 aliphatic heterocycles. The second-order valence-electron chi connectivity index (χ2n) is 9.12. The molecule has 1 amide bonds. The molecule has 5 rings (SSSR count). The number of amides is 1. The van der Waals surface area contributed by atoms with Crippen LogP contribution in [0.15, 0.2) is 54.9 Å². The van der Waals surface area contributed by atoms with Gasteiger partial charge in [0.15, 0.2) is 0 Å². The van der Waals surface area contributed by atoms with Crippen LogP contribution in [0.5, 0.6) is 0 Å². The topological polar surface area (TPSA) is 61.4 Å². The number of hydrogen-bond donors (Lipinski definition) is 1. The number of pyridine rings is 2. The lowest BCUT2D eigenvalue weighted by Gasteiger charge is -2.39. The van der Waals surface area contributed by atoms with Gasteiger partial charge in [0.1, 0.15) is 5.82 Å². The van der Waals surface area contributed by atoms with E-state index in [1.807, 2.05) is 38.6 Å². The first-order valence-electron chi connectivity index (χ1n) is 11.0. The van der Waals surface area contributed by atoms with Gasteiger partial charge in [0.2, 0.25) is 5.91 Å². The van der Waals surface area contributed by atoms with Gasteiger partial charge in [-0.2, -0.15) is 0 Å². The maximum Gasteiger partial charge on any atom is 0.220 e. The van der Waals surface area contributed by atoms with Crippen molar-refractivity contribution in [1.82, 2.24) is 20.2 Å². The molecular weight excluding hydrogens is 386 g/mol. The van der Waals surface area contributed by atoms with Gasteiger partial charge in [-0.1, -0.05) is 24.3 Å². The van der Waals surface area contributed by atoms with Crippen molar-refractivity contribution in [1.29, 1.82) is 0 Å². The van der Waals surface area contributed by atoms with Crippen molar-refractivity contribution in [2.75, 3.05) is 32.1 Å². The molecule has 6 heteroatoms. The van der Waals surface area contributed by atoms with E-state index in [-0.39, 0.29) is 17.4 Å². The first kappa shape index (κ1) is 19.9. The van der Waals surface area contributed by atoms with Crippen molar-refractivity contribution in [2.24, 2.45) is 0 Å². The lowest BCUT2D eigenvalue weighted by molar-refractivity contribution is -0.125. The zero-order valence-electron chi connectivity index (χ0n) is 18.2. The minimum Gasteiger partial charge on any atom is -0.362 e. The molecule has 0 unspecified atom stereocenters. The van der Waals surface area contributed by atoms with E-state index in [9.17, 15) is 4.79 Å². The SMILES string of the molecule is CN(C)c1nc2ccccc2cc1CN1C[C@@H](c2cccnc2)[C@@]2(CCCC(=O)N2)C1. The number of aromatic nitrogens is 2. The molecule has 2 aliphatic rings. The van der Waals surface area contributed by atoms with Crippen molar-refractivity contribution in [3.63, 3.8) is 0 Å². The number of piperidine rings is 1. The van der Waals surface area contributed by atoms with Gasteiger partial charge in [-0.25, -0.2) is 4.98 Å². The van der Waals surface area contributed by atoms with E-state index >= 15 is 0 Å². The van der Waals surface area contributed by atoms with Crippen molar-refractivity contribution < 1.29 is 4.79 Å². The maximum atomic E-state index is 12.4. The van der Waals surface area contributed by atoms with Gasteiger partial charge >= 0.3 is 0 Å². The molecule has 2 fully saturated rings. The number of benzene rings is 1. The van der Waals surface area contributed by atoms with Crippen LogP contribution in [0.25, 0.3) is 10.9 Å². The van der Waals surface area contributed by atoms with E-state index in [0.29, 0.717) is 6.42 Å². The molecule has 3 aromatic rings. The molecule has 1 aromatic carbocycles. The Morgan fingerprint density at radius 1 is 1.23 bits per heavy atom. The smallest absolute Gasteiger partial charge is 0.220 e. The molecule has 2 aromatic heterocycles. The highest BCUT2D eigenvalue weighted by atomic mass is 16.1. The Labute approximate surface area is 183 Å². The normalized spacial score (nSPS) is 23.9. The van der Waals surface area contributed by atoms with Crippen LogP contribution in [0.4, 0.5) is 5.82 Å². The van der Waals surface area contributed by atoms with E-state index in [4.69, 9.17) is 4.98 Å². The summed E-state index contributed by atoms with van der Waals surface area (Å²) in [5, 5.41) is 4.55. The standard InChI is InChI=1S/C25H29N5O/c1-29(2)24-20(13-18-7-3-4-9-22(18)27-24)15-30-16-21(19-8-6-12-26-14-19)25(17-30)11-5-10-23(31)28-25/h3-4,6-9,12-14,21H,5,10-11,15-17H2,1-2H3,(H,28,31)/t21-,25+/m0/s1. The van der Waals surface area contributed by atoms with Gasteiger partial charge in [-0.15, -0.1) is 0 Å². The van der Waals surface area contributed by atoms with Gasteiger partial charge in [-0.3, -0.25) is 14.7 Å². The molecule has 1 spiro atoms. The first-order valence-corrected chi connectivity index (χ1v) is 11.0. The van der Waals surface area contributed by atoms with Gasteiger partial charge in [0.05, 0.1) is 11.1 Å². The van der Waals surface area contributed by atoms with Crippen molar-refractivity contribution >= 4 is 22.6 Å². The van der Waals surface area contributed by atoms with Crippen LogP contribution in [-0.2, 0) is 11.3 Å². The Morgan fingerprint density at radius 2 is 2.10 bits per heavy atom. The molecule has 31 heavy (non-hydrogen) atoms. The summed E-state index contributed by atoms with van der Waals surface area (Å²) in [6.45, 7) is 2.55. The quantitative estimate of drug-likeness (QED) is 0.708. The summed E-state index contributed by atoms with van der Waals surface area (Å²) in [7, 11) is 4.10. The number of para-hydroxylation sites is 1. The first-order chi connectivity index (χ1) is 15.0. The zero-order valence-corrected chi connectivity index (χ0v) is 18.2. The van der Waals surface area contributed by atoms with Gasteiger partial charge in [0, 0.05) is 69.4 Å². The lowest BCUT2D eigenvalue weighted by Crippen LogP contribution is -2.56. The fourth-order valence-corrected chi connectivity index (χ4v) is 5.37. The van der Waals surface area contributed by atoms with E-state index in [1.165, 1.54) is 11.1 Å². The minimum absolute atomic E-state index is 0.170. The molecule has 0 saturated carbocycles. The van der Waals surface area contributed by atoms with E-state index in [1.54, 1.807) is 0 Å². The monoisotopic (exact) mass is 415 g/mol. The van der Waals surface area contributed by atoms with Crippen molar-refractivity contribution in [2.45, 2.75) is 37.3 Å². The van der Waals surface area contributed by atoms with E-state index < -0.39 is 0 Å². The second-order valence-corrected chi connectivity index (χ2v) is 9.12. The predicted octanol–water partition coefficient (Wildman–Crippen LogP) is 3.33. The Hall–Kier alpha value is -2.99. The molecule has 2 saturated heterocycles. The Kier molecular flexibility index (Phi) is 5.10. The van der Waals surface area contributed by atoms with Gasteiger partial charge in [0.25, 0.3) is 0 Å². The third kappa shape index (κ3) is 3.76. The average molecular weight is 416 g/mol. The number of carbonyl (C=O) groups excluding carboxylic acids is 1. The van der Waals surface area contributed by atoms with Crippen LogP contribution in [0.3, 0.4) is 0 Å². The number of hydrogen-bond acceptors (Lipinski definition) is 5. The fourth-order valence-electron chi connectivity index (χ4n) is 5.37. The molecule has 0 radical (unpaired) electrons. The average Bonchev–Trinajstić information content (AvgIpc) is 3.10. The Bertz CT molecular complexity index is 1100. The molecule has 2 atom stereocenters. The zero-order chi connectivity index (χ0) is 21.4. The Morgan fingerprint density at radius 3 is 2.87 bits per heavy atom. The van der Waals surface area contributed by atoms with Crippen LogP contribution < -0.4 is 10.2 Å². The second kappa shape index (κ2) is 7.93. The predicted molar refractivity (Wildman–Crippen MR) is 123 cm³/mol. The number of likely N-dealkylation sites (tertiary alicyclic amines) is 1. The number of carbonyl (C=O) groups is 1. The third-order valence-electron chi connectivity index (χ3n) is 6.71. The number of rotatable bonds is 4. The van der Waals surface area contributed by atoms with Crippen LogP contribution in [0.1, 0.15) is 36.3 Å². The maximum absolute atomic E-state index is 12.4. The van der Waals surface area contributed by atoms with Gasteiger partial charge < -0.3 is 10.2 Å². The largest absolute Gasteiger partial charge is 0.362 e. The lowest BCUT2D eigenvalue weighted by atomic mass is 9.77. The summed E-state index contributed by atoms with van der Waals surface area (Å²) >= 11 is 0. The van der Waals surface area contributed by atoms with Gasteiger partial charge in [-0.05, 0) is 36.6 Å². The third-order valence-corrected chi connectivity index (χ3v) is 6.71. The highest BCUT2D eigenvalue weighted by Crippen LogP contribution is 2.42. The van der Waals surface area contributed by atoms with Crippen LogP contribution >= 0.6 is 0 Å². The molecule has 4 heterocycles. The van der Waals surface area contributed by atoms with Crippen molar-refractivity contribution in [3.05, 3.63) is 66.0 Å². The molecule has 6 nitrogen and oxygen atoms in total. The number of anilines is 1. The molecule has 0 aliphatic carbocycles. The highest BCUT2D eigenvalue weighted by molar-refractivity contribution is 5.82. The van der Waals surface area contributed by atoms with Crippen LogP contribution in [0.2, 0.25) is 0 Å². The summed E-state index contributed by atoms with van der Waals surface area (Å²) in [5.74, 6) is 1.41. The fraction of sp³-hybridized carbons (Fsp3) is 0.400. The molecule has 1 N–H and O–H groups in total. The summed E-state index contributed by atoms with van der Waals surface area (Å²) in [4.78, 5) is 26.2. The Balaban J connectivity index is 1.49. The van der Waals surface area contributed by atoms with Crippen molar-refractivity contribution in [3.8, 4) is 0 Å². The molecule has 160 valence electrons. The molecule has 0 bridgehead atoms. The summed E-state index contributed by atoms with van der Waals surface area (Å²) in [5.41, 5.74) is 3.21. The van der Waals surface area contributed by atoms with E-state index in [2.05, 4.69) is 50.4 Å². The molecular formula is C25H29N5O. The summed E-state index contributed by atoms with van der Waals surface area (Å²) in [6, 6.07) is 14.7. The number of fused-ring (bicyclic) bond motifs is 1. The highest BCUT2D eigenvalue weighted by Gasteiger charge is 2.49. The van der Waals surface area contributed by atoms with Crippen LogP contribution in [-0.4, -0.2) is 53.5 Å². The number of nitrogens with zero attached hydrogens (tertiary/aromatic N) is 4. The minimum atomic E-state index is -0.221. The van der Waals surface area contributed by atoms with E-state index in [0.717, 1.165) is 49.2 Å². The summed E-state index contributed by atoms with van der Waals surface area (Å²) in [6.07, 6.45) is 6.34. The van der Waals surface area contributed by atoms with Crippen LogP contribution in [0, 0.1) is 0 Å². The summed E-state index contributed by atoms with van der Waals surface area (Å²) < 4.78 is 0.